The molecule has 0 saturated heterocycles. The Bertz CT molecular complexity index is 1990. The van der Waals surface area contributed by atoms with Gasteiger partial charge in [0.15, 0.2) is 6.61 Å². The summed E-state index contributed by atoms with van der Waals surface area (Å²) in [6.07, 6.45) is 4.99. The number of benzene rings is 2. The van der Waals surface area contributed by atoms with Crippen LogP contribution in [0.25, 0.3) is 16.7 Å². The normalized spacial score (nSPS) is 12.0. The summed E-state index contributed by atoms with van der Waals surface area (Å²) in [6, 6.07) is 14.9. The highest BCUT2D eigenvalue weighted by Crippen LogP contribution is 2.29. The number of carboxylic acids is 1. The van der Waals surface area contributed by atoms with Gasteiger partial charge in [0.25, 0.3) is 25.2 Å². The lowest BCUT2D eigenvalue weighted by Gasteiger charge is -2.13. The van der Waals surface area contributed by atoms with Crippen LogP contribution in [0.1, 0.15) is 11.3 Å². The third-order valence-corrected chi connectivity index (χ3v) is 9.46. The van der Waals surface area contributed by atoms with Crippen LogP contribution in [0, 0.1) is 6.92 Å². The minimum Gasteiger partial charge on any atom is -0.496 e. The highest BCUT2D eigenvalue weighted by Gasteiger charge is 2.32. The van der Waals surface area contributed by atoms with Crippen LogP contribution in [0.4, 0.5) is 0 Å². The Hall–Kier alpha value is -4.73. The largest absolute Gasteiger partial charge is 0.496 e. The molecule has 42 heavy (non-hydrogen) atoms. The highest BCUT2D eigenvalue weighted by molar-refractivity contribution is 7.92. The molecule has 3 heterocycles. The lowest BCUT2D eigenvalue weighted by atomic mass is 10.2. The maximum Gasteiger partial charge on any atom is 0.341 e. The van der Waals surface area contributed by atoms with Gasteiger partial charge in [0.05, 0.1) is 35.3 Å². The van der Waals surface area contributed by atoms with Crippen molar-refractivity contribution in [2.75, 3.05) is 13.7 Å². The van der Waals surface area contributed by atoms with Crippen LogP contribution in [0.5, 0.6) is 11.5 Å². The molecule has 13 nitrogen and oxygen atoms in total. The van der Waals surface area contributed by atoms with Gasteiger partial charge < -0.3 is 19.1 Å². The molecule has 2 aromatic carbocycles. The number of aliphatic carboxylic acids is 1. The summed E-state index contributed by atoms with van der Waals surface area (Å²) in [6.45, 7) is 0.858. The fourth-order valence-electron chi connectivity index (χ4n) is 4.23. The van der Waals surface area contributed by atoms with Gasteiger partial charge in [0, 0.05) is 29.8 Å². The lowest BCUT2D eigenvalue weighted by molar-refractivity contribution is -0.139. The predicted molar refractivity (Wildman–Crippen MR) is 151 cm³/mol. The second-order valence-corrected chi connectivity index (χ2v) is 12.4. The van der Waals surface area contributed by atoms with Crippen LogP contribution >= 0.6 is 0 Å². The van der Waals surface area contributed by atoms with Gasteiger partial charge in [-0.1, -0.05) is 0 Å². The summed E-state index contributed by atoms with van der Waals surface area (Å²) >= 11 is 0. The first kappa shape index (κ1) is 28.8. The summed E-state index contributed by atoms with van der Waals surface area (Å²) in [5, 5.41) is 8.09. The lowest BCUT2D eigenvalue weighted by Crippen LogP contribution is -2.29. The SMILES string of the molecule is COc1ccnc(CNS(=O)(=O)c2nc3ccc(-n4cccc4)cc3n2S(=O)(=O)c2ccc(OCC(=O)O)cc2)c1C. The van der Waals surface area contributed by atoms with Gasteiger partial charge in [-0.25, -0.2) is 35.3 Å². The first-order valence-electron chi connectivity index (χ1n) is 12.4. The average Bonchev–Trinajstić information content (AvgIpc) is 3.65. The van der Waals surface area contributed by atoms with Gasteiger partial charge in [-0.05, 0) is 67.6 Å². The van der Waals surface area contributed by atoms with E-state index in [1.54, 1.807) is 48.1 Å². The molecular formula is C27H25N5O8S2. The van der Waals surface area contributed by atoms with E-state index in [0.29, 0.717) is 26.7 Å². The molecule has 2 N–H and O–H groups in total. The number of carboxylic acid groups (broad SMARTS) is 1. The Morgan fingerprint density at radius 1 is 1.02 bits per heavy atom. The van der Waals surface area contributed by atoms with E-state index in [0.717, 1.165) is 0 Å². The van der Waals surface area contributed by atoms with E-state index in [2.05, 4.69) is 14.7 Å². The fourth-order valence-corrected chi connectivity index (χ4v) is 7.16. The number of sulfonamides is 1. The van der Waals surface area contributed by atoms with Crippen molar-refractivity contribution in [2.45, 2.75) is 23.5 Å². The third-order valence-electron chi connectivity index (χ3n) is 6.34. The molecule has 0 saturated carbocycles. The van der Waals surface area contributed by atoms with Crippen molar-refractivity contribution in [1.82, 2.24) is 23.2 Å². The predicted octanol–water partition coefficient (Wildman–Crippen LogP) is 2.72. The van der Waals surface area contributed by atoms with Crippen molar-refractivity contribution in [2.24, 2.45) is 0 Å². The average molecular weight is 612 g/mol. The van der Waals surface area contributed by atoms with E-state index in [1.807, 2.05) is 0 Å². The molecule has 5 aromatic rings. The smallest absolute Gasteiger partial charge is 0.341 e. The summed E-state index contributed by atoms with van der Waals surface area (Å²) in [4.78, 5) is 19.0. The first-order valence-corrected chi connectivity index (χ1v) is 15.3. The first-order chi connectivity index (χ1) is 20.0. The number of hydrogen-bond acceptors (Lipinski definition) is 9. The van der Waals surface area contributed by atoms with E-state index in [-0.39, 0.29) is 28.2 Å². The Kier molecular flexibility index (Phi) is 7.73. The molecule has 0 spiro atoms. The van der Waals surface area contributed by atoms with E-state index in [1.165, 1.54) is 49.7 Å². The number of methoxy groups -OCH3 is 1. The number of rotatable bonds is 11. The van der Waals surface area contributed by atoms with Crippen LogP contribution < -0.4 is 14.2 Å². The molecular weight excluding hydrogens is 586 g/mol. The Morgan fingerprint density at radius 2 is 1.74 bits per heavy atom. The Balaban J connectivity index is 1.62. The minimum absolute atomic E-state index is 0.0310. The second kappa shape index (κ2) is 11.3. The molecule has 0 aliphatic rings. The third kappa shape index (κ3) is 5.57. The zero-order valence-electron chi connectivity index (χ0n) is 22.3. The van der Waals surface area contributed by atoms with E-state index in [4.69, 9.17) is 14.6 Å². The van der Waals surface area contributed by atoms with Crippen molar-refractivity contribution >= 4 is 37.0 Å². The highest BCUT2D eigenvalue weighted by atomic mass is 32.2. The van der Waals surface area contributed by atoms with Crippen molar-refractivity contribution in [3.63, 3.8) is 0 Å². The van der Waals surface area contributed by atoms with Gasteiger partial charge in [-0.3, -0.25) is 4.98 Å². The number of ether oxygens (including phenoxy) is 2. The quantitative estimate of drug-likeness (QED) is 0.226. The van der Waals surface area contributed by atoms with Gasteiger partial charge >= 0.3 is 5.97 Å². The number of hydrogen-bond donors (Lipinski definition) is 2. The number of carbonyl (C=O) groups is 1. The Morgan fingerprint density at radius 3 is 2.40 bits per heavy atom. The van der Waals surface area contributed by atoms with E-state index in [9.17, 15) is 21.6 Å². The van der Waals surface area contributed by atoms with Crippen molar-refractivity contribution in [3.05, 3.63) is 90.5 Å². The van der Waals surface area contributed by atoms with Crippen molar-refractivity contribution in [3.8, 4) is 17.2 Å². The molecule has 0 fully saturated rings. The van der Waals surface area contributed by atoms with E-state index >= 15 is 0 Å². The molecule has 0 amide bonds. The molecule has 218 valence electrons. The summed E-state index contributed by atoms with van der Waals surface area (Å²) < 4.78 is 70.6. The maximum absolute atomic E-state index is 14.0. The molecule has 0 bridgehead atoms. The number of pyridine rings is 1. The monoisotopic (exact) mass is 611 g/mol. The van der Waals surface area contributed by atoms with Crippen LogP contribution in [0.15, 0.2) is 89.3 Å². The molecule has 3 aromatic heterocycles. The number of nitrogens with one attached hydrogen (secondary N) is 1. The van der Waals surface area contributed by atoms with Crippen LogP contribution in [-0.2, 0) is 31.4 Å². The van der Waals surface area contributed by atoms with Gasteiger partial charge in [-0.2, -0.15) is 0 Å². The summed E-state index contributed by atoms with van der Waals surface area (Å²) in [5.41, 5.74) is 1.74. The molecule has 0 aliphatic heterocycles. The van der Waals surface area contributed by atoms with Crippen LogP contribution in [0.2, 0.25) is 0 Å². The minimum atomic E-state index is -4.55. The van der Waals surface area contributed by atoms with Crippen LogP contribution in [0.3, 0.4) is 0 Å². The van der Waals surface area contributed by atoms with Crippen molar-refractivity contribution < 1.29 is 36.2 Å². The molecule has 0 unspecified atom stereocenters. The zero-order valence-corrected chi connectivity index (χ0v) is 24.0. The van der Waals surface area contributed by atoms with Gasteiger partial charge in [0.2, 0.25) is 0 Å². The molecule has 5 rings (SSSR count). The van der Waals surface area contributed by atoms with Gasteiger partial charge in [0.1, 0.15) is 11.5 Å². The zero-order chi connectivity index (χ0) is 30.1. The second-order valence-electron chi connectivity index (χ2n) is 8.99. The van der Waals surface area contributed by atoms with Gasteiger partial charge in [-0.15, -0.1) is 0 Å². The fraction of sp³-hybridized carbons (Fsp3) is 0.148. The van der Waals surface area contributed by atoms with E-state index < -0.39 is 37.8 Å². The van der Waals surface area contributed by atoms with Crippen LogP contribution in [-0.4, -0.2) is 60.1 Å². The summed E-state index contributed by atoms with van der Waals surface area (Å²) in [7, 11) is -7.60. The number of imidazole rings is 1. The molecule has 0 atom stereocenters. The number of aromatic nitrogens is 4. The standard InChI is InChI=1S/C27H25N5O8S2/c1-18-23(28-12-11-25(18)39-2)16-29-41(35,36)27-30-22-10-5-19(31-13-3-4-14-31)15-24(22)32(27)42(37,38)21-8-6-20(7-9-21)40-17-26(33)34/h3-15,29H,16-17H2,1-2H3,(H,33,34). The Labute approximate surface area is 241 Å². The summed E-state index contributed by atoms with van der Waals surface area (Å²) in [5.74, 6) is -0.559. The number of fused-ring (bicyclic) bond motifs is 1. The van der Waals surface area contributed by atoms with Crippen molar-refractivity contribution in [1.29, 1.82) is 0 Å². The number of nitrogens with zero attached hydrogens (tertiary/aromatic N) is 4. The molecule has 15 heteroatoms. The topological polar surface area (TPSA) is 172 Å². The molecule has 0 aliphatic carbocycles. The maximum atomic E-state index is 14.0. The molecule has 0 radical (unpaired) electrons.